The zero-order valence-electron chi connectivity index (χ0n) is 8.53. The van der Waals surface area contributed by atoms with Crippen LogP contribution in [0.25, 0.3) is 0 Å². The molecular formula is C11H11Cl2N3. The molecule has 2 aromatic rings. The molecule has 5 heteroatoms. The smallest absolute Gasteiger partial charge is 0.131 e. The maximum absolute atomic E-state index is 6.10. The molecule has 0 aliphatic heterocycles. The van der Waals surface area contributed by atoms with Crippen molar-refractivity contribution in [3.63, 3.8) is 0 Å². The van der Waals surface area contributed by atoms with Crippen LogP contribution in [0.3, 0.4) is 0 Å². The van der Waals surface area contributed by atoms with Crippen LogP contribution >= 0.6 is 23.2 Å². The maximum Gasteiger partial charge on any atom is 0.131 e. The summed E-state index contributed by atoms with van der Waals surface area (Å²) < 4.78 is 1.69. The van der Waals surface area contributed by atoms with Crippen molar-refractivity contribution in [2.75, 3.05) is 0 Å². The second kappa shape index (κ2) is 4.87. The van der Waals surface area contributed by atoms with Gasteiger partial charge in [0.25, 0.3) is 0 Å². The first-order valence-electron chi connectivity index (χ1n) is 4.86. The number of halogens is 2. The highest BCUT2D eigenvalue weighted by atomic mass is 35.5. The van der Waals surface area contributed by atoms with E-state index < -0.39 is 0 Å². The predicted molar refractivity (Wildman–Crippen MR) is 65.7 cm³/mol. The molecule has 1 aromatic heterocycles. The predicted octanol–water partition coefficient (Wildman–Crippen LogP) is 2.70. The molecule has 16 heavy (non-hydrogen) atoms. The first-order chi connectivity index (χ1) is 7.72. The van der Waals surface area contributed by atoms with E-state index in [9.17, 15) is 0 Å². The minimum absolute atomic E-state index is 0.390. The number of benzene rings is 1. The highest BCUT2D eigenvalue weighted by Gasteiger charge is 2.08. The van der Waals surface area contributed by atoms with Crippen molar-refractivity contribution >= 4 is 23.2 Å². The van der Waals surface area contributed by atoms with Crippen LogP contribution in [0.1, 0.15) is 11.1 Å². The Morgan fingerprint density at radius 3 is 2.56 bits per heavy atom. The Hall–Kier alpha value is -1.03. The van der Waals surface area contributed by atoms with Crippen LogP contribution in [-0.4, -0.2) is 9.78 Å². The standard InChI is InChI=1S/C11H11Cl2N3/c12-10-4-2-1-3-8(10)7-16-11(13)9(5-14)6-15-16/h1-4,6H,5,7,14H2. The van der Waals surface area contributed by atoms with Gasteiger partial charge in [0, 0.05) is 17.1 Å². The average Bonchev–Trinajstić information content (AvgIpc) is 2.63. The third-order valence-corrected chi connectivity index (χ3v) is 3.15. The zero-order chi connectivity index (χ0) is 11.5. The van der Waals surface area contributed by atoms with Crippen LogP contribution in [-0.2, 0) is 13.1 Å². The third-order valence-electron chi connectivity index (χ3n) is 2.34. The molecule has 0 saturated heterocycles. The Bertz CT molecular complexity index is 494. The molecule has 0 unspecified atom stereocenters. The minimum atomic E-state index is 0.390. The number of nitrogens with zero attached hydrogens (tertiary/aromatic N) is 2. The van der Waals surface area contributed by atoms with Crippen molar-refractivity contribution in [2.24, 2.45) is 5.73 Å². The van der Waals surface area contributed by atoms with Crippen LogP contribution in [0.5, 0.6) is 0 Å². The Balaban J connectivity index is 2.27. The van der Waals surface area contributed by atoms with Crippen LogP contribution in [0.2, 0.25) is 10.2 Å². The number of hydrogen-bond acceptors (Lipinski definition) is 2. The lowest BCUT2D eigenvalue weighted by molar-refractivity contribution is 0.687. The molecule has 0 fully saturated rings. The van der Waals surface area contributed by atoms with Gasteiger partial charge >= 0.3 is 0 Å². The summed E-state index contributed by atoms with van der Waals surface area (Å²) in [6.07, 6.45) is 1.68. The van der Waals surface area contributed by atoms with Gasteiger partial charge < -0.3 is 5.73 Å². The maximum atomic E-state index is 6.10. The quantitative estimate of drug-likeness (QED) is 0.917. The molecule has 0 atom stereocenters. The van der Waals surface area contributed by atoms with E-state index in [1.165, 1.54) is 0 Å². The first-order valence-corrected chi connectivity index (χ1v) is 5.61. The van der Waals surface area contributed by atoms with Gasteiger partial charge in [0.15, 0.2) is 0 Å². The van der Waals surface area contributed by atoms with E-state index in [4.69, 9.17) is 28.9 Å². The van der Waals surface area contributed by atoms with E-state index in [0.29, 0.717) is 23.3 Å². The summed E-state index contributed by atoms with van der Waals surface area (Å²) in [5, 5.41) is 5.45. The largest absolute Gasteiger partial charge is 0.326 e. The Labute approximate surface area is 104 Å². The fourth-order valence-corrected chi connectivity index (χ4v) is 1.87. The van der Waals surface area contributed by atoms with Gasteiger partial charge in [0.1, 0.15) is 5.15 Å². The van der Waals surface area contributed by atoms with Crippen molar-refractivity contribution in [2.45, 2.75) is 13.1 Å². The van der Waals surface area contributed by atoms with Crippen LogP contribution in [0.15, 0.2) is 30.5 Å². The Kier molecular flexibility index (Phi) is 3.49. The Morgan fingerprint density at radius 2 is 1.94 bits per heavy atom. The van der Waals surface area contributed by atoms with E-state index in [1.807, 2.05) is 24.3 Å². The molecule has 0 spiro atoms. The third kappa shape index (κ3) is 2.21. The van der Waals surface area contributed by atoms with Gasteiger partial charge in [-0.15, -0.1) is 0 Å². The summed E-state index contributed by atoms with van der Waals surface area (Å²) in [7, 11) is 0. The van der Waals surface area contributed by atoms with E-state index in [1.54, 1.807) is 10.9 Å². The first kappa shape index (κ1) is 11.5. The molecule has 0 saturated carbocycles. The molecule has 0 bridgehead atoms. The molecule has 0 aliphatic rings. The lowest BCUT2D eigenvalue weighted by atomic mass is 10.2. The van der Waals surface area contributed by atoms with Gasteiger partial charge in [-0.2, -0.15) is 5.10 Å². The number of aromatic nitrogens is 2. The summed E-state index contributed by atoms with van der Waals surface area (Å²) in [5.41, 5.74) is 7.35. The molecule has 2 rings (SSSR count). The van der Waals surface area contributed by atoms with Crippen molar-refractivity contribution in [3.8, 4) is 0 Å². The van der Waals surface area contributed by atoms with E-state index in [2.05, 4.69) is 5.10 Å². The second-order valence-electron chi connectivity index (χ2n) is 3.41. The summed E-state index contributed by atoms with van der Waals surface area (Å²) in [4.78, 5) is 0. The highest BCUT2D eigenvalue weighted by molar-refractivity contribution is 6.31. The van der Waals surface area contributed by atoms with Crippen LogP contribution < -0.4 is 5.73 Å². The normalized spacial score (nSPS) is 10.7. The van der Waals surface area contributed by atoms with Gasteiger partial charge in [-0.25, -0.2) is 4.68 Å². The number of nitrogens with two attached hydrogens (primary N) is 1. The average molecular weight is 256 g/mol. The van der Waals surface area contributed by atoms with Crippen LogP contribution in [0.4, 0.5) is 0 Å². The molecule has 0 amide bonds. The second-order valence-corrected chi connectivity index (χ2v) is 4.18. The SMILES string of the molecule is NCc1cnn(Cc2ccccc2Cl)c1Cl. The van der Waals surface area contributed by atoms with Gasteiger partial charge in [0.2, 0.25) is 0 Å². The summed E-state index contributed by atoms with van der Waals surface area (Å²) in [6.45, 7) is 0.944. The summed E-state index contributed by atoms with van der Waals surface area (Å²) in [6, 6.07) is 7.62. The van der Waals surface area contributed by atoms with E-state index in [0.717, 1.165) is 11.1 Å². The van der Waals surface area contributed by atoms with Gasteiger partial charge in [-0.05, 0) is 11.6 Å². The number of rotatable bonds is 3. The van der Waals surface area contributed by atoms with Gasteiger partial charge in [0.05, 0.1) is 12.7 Å². The molecule has 0 aliphatic carbocycles. The topological polar surface area (TPSA) is 43.8 Å². The molecular weight excluding hydrogens is 245 g/mol. The van der Waals surface area contributed by atoms with E-state index >= 15 is 0 Å². The fraction of sp³-hybridized carbons (Fsp3) is 0.182. The molecule has 2 N–H and O–H groups in total. The summed E-state index contributed by atoms with van der Waals surface area (Å²) in [5.74, 6) is 0. The monoisotopic (exact) mass is 255 g/mol. The molecule has 1 heterocycles. The van der Waals surface area contributed by atoms with Crippen molar-refractivity contribution in [1.82, 2.24) is 9.78 Å². The van der Waals surface area contributed by atoms with Gasteiger partial charge in [-0.1, -0.05) is 41.4 Å². The Morgan fingerprint density at radius 1 is 1.19 bits per heavy atom. The number of hydrogen-bond donors (Lipinski definition) is 1. The van der Waals surface area contributed by atoms with Crippen molar-refractivity contribution in [3.05, 3.63) is 51.8 Å². The lowest BCUT2D eigenvalue weighted by Crippen LogP contribution is -2.03. The molecule has 0 radical (unpaired) electrons. The fourth-order valence-electron chi connectivity index (χ4n) is 1.44. The molecule has 3 nitrogen and oxygen atoms in total. The van der Waals surface area contributed by atoms with Gasteiger partial charge in [-0.3, -0.25) is 0 Å². The van der Waals surface area contributed by atoms with E-state index in [-0.39, 0.29) is 0 Å². The van der Waals surface area contributed by atoms with Crippen LogP contribution in [0, 0.1) is 0 Å². The van der Waals surface area contributed by atoms with Crippen molar-refractivity contribution < 1.29 is 0 Å². The molecule has 1 aromatic carbocycles. The molecule has 84 valence electrons. The minimum Gasteiger partial charge on any atom is -0.326 e. The summed E-state index contributed by atoms with van der Waals surface area (Å²) >= 11 is 12.2. The lowest BCUT2D eigenvalue weighted by Gasteiger charge is -2.05. The zero-order valence-corrected chi connectivity index (χ0v) is 10.0. The highest BCUT2D eigenvalue weighted by Crippen LogP contribution is 2.20. The van der Waals surface area contributed by atoms with Crippen molar-refractivity contribution in [1.29, 1.82) is 0 Å².